The maximum Gasteiger partial charge on any atom is 0.242 e. The van der Waals surface area contributed by atoms with Crippen molar-refractivity contribution in [3.05, 3.63) is 35.4 Å². The molecule has 0 aliphatic rings. The van der Waals surface area contributed by atoms with Crippen LogP contribution in [0.25, 0.3) is 0 Å². The lowest BCUT2D eigenvalue weighted by atomic mass is 10.1. The van der Waals surface area contributed by atoms with Gasteiger partial charge in [-0.15, -0.1) is 0 Å². The Morgan fingerprint density at radius 1 is 1.35 bits per heavy atom. The molecule has 0 radical (unpaired) electrons. The molecule has 110 valence electrons. The largest absolute Gasteiger partial charge is 0.357 e. The Hall–Kier alpha value is -1.84. The van der Waals surface area contributed by atoms with Gasteiger partial charge in [-0.1, -0.05) is 36.8 Å². The molecule has 0 saturated carbocycles. The number of likely N-dealkylation sites (N-methyl/N-ethyl adjacent to an activating group) is 1. The molecule has 0 saturated heterocycles. The maximum absolute atomic E-state index is 12.2. The van der Waals surface area contributed by atoms with Crippen molar-refractivity contribution in [3.63, 3.8) is 0 Å². The van der Waals surface area contributed by atoms with E-state index in [9.17, 15) is 9.59 Å². The van der Waals surface area contributed by atoms with Gasteiger partial charge in [0.1, 0.15) is 6.04 Å². The first-order valence-electron chi connectivity index (χ1n) is 7.06. The number of carbonyl (C=O) groups is 2. The zero-order chi connectivity index (χ0) is 15.1. The van der Waals surface area contributed by atoms with Crippen LogP contribution in [-0.4, -0.2) is 29.8 Å². The molecule has 4 heteroatoms. The number of aryl methyl sites for hydroxylation is 1. The fourth-order valence-corrected chi connectivity index (χ4v) is 2.16. The SMILES string of the molecule is CCCC(=O)N(Cc1cccc(C)c1)C(C)C(=O)NC. The van der Waals surface area contributed by atoms with Crippen molar-refractivity contribution in [2.24, 2.45) is 0 Å². The van der Waals surface area contributed by atoms with Gasteiger partial charge in [-0.2, -0.15) is 0 Å². The highest BCUT2D eigenvalue weighted by Gasteiger charge is 2.24. The molecule has 0 bridgehead atoms. The van der Waals surface area contributed by atoms with Crippen LogP contribution in [0.1, 0.15) is 37.8 Å². The van der Waals surface area contributed by atoms with E-state index in [0.29, 0.717) is 13.0 Å². The highest BCUT2D eigenvalue weighted by molar-refractivity contribution is 5.87. The van der Waals surface area contributed by atoms with E-state index < -0.39 is 6.04 Å². The van der Waals surface area contributed by atoms with E-state index in [1.54, 1.807) is 18.9 Å². The van der Waals surface area contributed by atoms with E-state index in [-0.39, 0.29) is 11.8 Å². The van der Waals surface area contributed by atoms with E-state index in [0.717, 1.165) is 17.5 Å². The first kappa shape index (κ1) is 16.2. The molecule has 1 N–H and O–H groups in total. The van der Waals surface area contributed by atoms with Gasteiger partial charge in [-0.25, -0.2) is 0 Å². The average Bonchev–Trinajstić information content (AvgIpc) is 2.43. The Balaban J connectivity index is 2.92. The van der Waals surface area contributed by atoms with Crippen LogP contribution in [-0.2, 0) is 16.1 Å². The van der Waals surface area contributed by atoms with Gasteiger partial charge in [0.25, 0.3) is 0 Å². The Labute approximate surface area is 121 Å². The van der Waals surface area contributed by atoms with Crippen LogP contribution in [0, 0.1) is 6.92 Å². The van der Waals surface area contributed by atoms with Crippen LogP contribution in [0.15, 0.2) is 24.3 Å². The van der Waals surface area contributed by atoms with Crippen molar-refractivity contribution >= 4 is 11.8 Å². The molecule has 0 aliphatic heterocycles. The summed E-state index contributed by atoms with van der Waals surface area (Å²) in [5.41, 5.74) is 2.20. The second-order valence-electron chi connectivity index (χ2n) is 5.05. The number of rotatable bonds is 6. The normalized spacial score (nSPS) is 11.8. The van der Waals surface area contributed by atoms with Gasteiger partial charge in [0, 0.05) is 20.0 Å². The van der Waals surface area contributed by atoms with E-state index in [1.807, 2.05) is 38.1 Å². The predicted molar refractivity (Wildman–Crippen MR) is 80.2 cm³/mol. The lowest BCUT2D eigenvalue weighted by Gasteiger charge is -2.28. The van der Waals surface area contributed by atoms with Crippen LogP contribution >= 0.6 is 0 Å². The van der Waals surface area contributed by atoms with E-state index in [4.69, 9.17) is 0 Å². The molecule has 1 unspecified atom stereocenters. The number of amides is 2. The first-order chi connectivity index (χ1) is 9.49. The summed E-state index contributed by atoms with van der Waals surface area (Å²) in [6.07, 6.45) is 1.25. The van der Waals surface area contributed by atoms with Gasteiger partial charge >= 0.3 is 0 Å². The lowest BCUT2D eigenvalue weighted by molar-refractivity contribution is -0.140. The highest BCUT2D eigenvalue weighted by Crippen LogP contribution is 2.13. The summed E-state index contributed by atoms with van der Waals surface area (Å²) < 4.78 is 0. The smallest absolute Gasteiger partial charge is 0.242 e. The fourth-order valence-electron chi connectivity index (χ4n) is 2.16. The quantitative estimate of drug-likeness (QED) is 0.866. The van der Waals surface area contributed by atoms with Gasteiger partial charge in [0.15, 0.2) is 0 Å². The van der Waals surface area contributed by atoms with Crippen molar-refractivity contribution in [1.82, 2.24) is 10.2 Å². The minimum absolute atomic E-state index is 0.0186. The number of hydrogen-bond acceptors (Lipinski definition) is 2. The number of nitrogens with zero attached hydrogens (tertiary/aromatic N) is 1. The molecule has 0 heterocycles. The molecule has 4 nitrogen and oxygen atoms in total. The number of benzene rings is 1. The third kappa shape index (κ3) is 4.37. The maximum atomic E-state index is 12.2. The molecule has 1 aromatic rings. The molecule has 1 rings (SSSR count). The fraction of sp³-hybridized carbons (Fsp3) is 0.500. The van der Waals surface area contributed by atoms with Gasteiger partial charge in [-0.3, -0.25) is 9.59 Å². The van der Waals surface area contributed by atoms with Crippen LogP contribution < -0.4 is 5.32 Å². The first-order valence-corrected chi connectivity index (χ1v) is 7.06. The van der Waals surface area contributed by atoms with Crippen molar-refractivity contribution < 1.29 is 9.59 Å². The summed E-state index contributed by atoms with van der Waals surface area (Å²) in [4.78, 5) is 25.7. The summed E-state index contributed by atoms with van der Waals surface area (Å²) in [5, 5.41) is 2.61. The Morgan fingerprint density at radius 3 is 2.60 bits per heavy atom. The van der Waals surface area contributed by atoms with Gasteiger partial charge in [0.05, 0.1) is 0 Å². The molecule has 0 spiro atoms. The van der Waals surface area contributed by atoms with Gasteiger partial charge in [-0.05, 0) is 25.8 Å². The monoisotopic (exact) mass is 276 g/mol. The number of hydrogen-bond donors (Lipinski definition) is 1. The standard InChI is InChI=1S/C16H24N2O2/c1-5-7-15(19)18(13(3)16(20)17-4)11-14-9-6-8-12(2)10-14/h6,8-10,13H,5,7,11H2,1-4H3,(H,17,20). The summed E-state index contributed by atoms with van der Waals surface area (Å²) in [6.45, 7) is 6.22. The van der Waals surface area contributed by atoms with E-state index in [1.165, 1.54) is 0 Å². The topological polar surface area (TPSA) is 49.4 Å². The molecule has 1 aromatic carbocycles. The molecular weight excluding hydrogens is 252 g/mol. The molecule has 0 aromatic heterocycles. The Bertz CT molecular complexity index is 471. The van der Waals surface area contributed by atoms with Crippen molar-refractivity contribution in [3.8, 4) is 0 Å². The van der Waals surface area contributed by atoms with Crippen LogP contribution in [0.5, 0.6) is 0 Å². The number of nitrogens with one attached hydrogen (secondary N) is 1. The molecule has 20 heavy (non-hydrogen) atoms. The van der Waals surface area contributed by atoms with Gasteiger partial charge < -0.3 is 10.2 Å². The van der Waals surface area contributed by atoms with Crippen molar-refractivity contribution in [2.45, 2.75) is 46.2 Å². The molecule has 1 atom stereocenters. The molecular formula is C16H24N2O2. The van der Waals surface area contributed by atoms with E-state index >= 15 is 0 Å². The zero-order valence-electron chi connectivity index (χ0n) is 12.8. The summed E-state index contributed by atoms with van der Waals surface area (Å²) in [7, 11) is 1.59. The zero-order valence-corrected chi connectivity index (χ0v) is 12.8. The predicted octanol–water partition coefficient (Wildman–Crippen LogP) is 2.26. The molecule has 0 aliphatic carbocycles. The lowest BCUT2D eigenvalue weighted by Crippen LogP contribution is -2.46. The third-order valence-electron chi connectivity index (χ3n) is 3.31. The third-order valence-corrected chi connectivity index (χ3v) is 3.31. The van der Waals surface area contributed by atoms with Crippen LogP contribution in [0.2, 0.25) is 0 Å². The summed E-state index contributed by atoms with van der Waals surface area (Å²) >= 11 is 0. The Morgan fingerprint density at radius 2 is 2.05 bits per heavy atom. The summed E-state index contributed by atoms with van der Waals surface area (Å²) in [5.74, 6) is -0.118. The van der Waals surface area contributed by atoms with Crippen molar-refractivity contribution in [2.75, 3.05) is 7.05 Å². The second kappa shape index (κ2) is 7.68. The summed E-state index contributed by atoms with van der Waals surface area (Å²) in [6, 6.07) is 7.56. The Kier molecular flexibility index (Phi) is 6.22. The van der Waals surface area contributed by atoms with Gasteiger partial charge in [0.2, 0.25) is 11.8 Å². The molecule has 0 fully saturated rings. The van der Waals surface area contributed by atoms with E-state index in [2.05, 4.69) is 5.32 Å². The van der Waals surface area contributed by atoms with Crippen molar-refractivity contribution in [1.29, 1.82) is 0 Å². The second-order valence-corrected chi connectivity index (χ2v) is 5.05. The minimum atomic E-state index is -0.459. The highest BCUT2D eigenvalue weighted by atomic mass is 16.2. The van der Waals surface area contributed by atoms with Crippen LogP contribution in [0.4, 0.5) is 0 Å². The number of carbonyl (C=O) groups excluding carboxylic acids is 2. The van der Waals surface area contributed by atoms with Crippen LogP contribution in [0.3, 0.4) is 0 Å². The minimum Gasteiger partial charge on any atom is -0.357 e. The molecule has 2 amide bonds. The average molecular weight is 276 g/mol.